The Morgan fingerprint density at radius 3 is 0.667 bits per heavy atom. The zero-order valence-electron chi connectivity index (χ0n) is 17.8. The molecule has 0 bridgehead atoms. The summed E-state index contributed by atoms with van der Waals surface area (Å²) >= 11 is 0. The van der Waals surface area contributed by atoms with Gasteiger partial charge in [-0.15, -0.1) is 17.0 Å². The maximum Gasteiger partial charge on any atom is 0.0372 e. The molecular weight excluding hydrogens is 480 g/mol. The Bertz CT molecular complexity index is 699. The van der Waals surface area contributed by atoms with E-state index >= 15 is 0 Å². The van der Waals surface area contributed by atoms with Crippen LogP contribution in [0.2, 0.25) is 0 Å². The maximum atomic E-state index is 3.98. The van der Waals surface area contributed by atoms with E-state index in [0.717, 1.165) is 22.8 Å². The SMILES string of the molecule is Br.Cc1ccccn1.Cc1ccccn1.Cc1ccccn1.Cc1ccccn1.[Fe]. The molecule has 6 heteroatoms. The molecule has 0 saturated carbocycles. The van der Waals surface area contributed by atoms with E-state index in [1.165, 1.54) is 0 Å². The van der Waals surface area contributed by atoms with Crippen LogP contribution in [0, 0.1) is 27.7 Å². The summed E-state index contributed by atoms with van der Waals surface area (Å²) in [5, 5.41) is 0. The van der Waals surface area contributed by atoms with Crippen LogP contribution >= 0.6 is 17.0 Å². The van der Waals surface area contributed by atoms with Gasteiger partial charge in [0.15, 0.2) is 0 Å². The first kappa shape index (κ1) is 29.8. The number of nitrogens with zero attached hydrogens (tertiary/aromatic N) is 4. The van der Waals surface area contributed by atoms with Gasteiger partial charge < -0.3 is 0 Å². The molecule has 160 valence electrons. The third kappa shape index (κ3) is 17.7. The van der Waals surface area contributed by atoms with Crippen molar-refractivity contribution >= 4 is 17.0 Å². The van der Waals surface area contributed by atoms with Gasteiger partial charge in [0.1, 0.15) is 0 Å². The third-order valence-corrected chi connectivity index (χ3v) is 3.25. The molecule has 0 radical (unpaired) electrons. The fraction of sp³-hybridized carbons (Fsp3) is 0.167. The Morgan fingerprint density at radius 1 is 0.400 bits per heavy atom. The van der Waals surface area contributed by atoms with Gasteiger partial charge in [0.2, 0.25) is 0 Å². The van der Waals surface area contributed by atoms with Crippen LogP contribution in [0.1, 0.15) is 22.8 Å². The van der Waals surface area contributed by atoms with Gasteiger partial charge in [-0.05, 0) is 76.2 Å². The van der Waals surface area contributed by atoms with E-state index in [4.69, 9.17) is 0 Å². The second-order valence-corrected chi connectivity index (χ2v) is 5.88. The zero-order valence-corrected chi connectivity index (χ0v) is 20.6. The zero-order chi connectivity index (χ0) is 20.5. The average molecular weight is 509 g/mol. The minimum atomic E-state index is 0. The van der Waals surface area contributed by atoms with E-state index in [1.807, 2.05) is 100 Å². The molecule has 0 fully saturated rings. The minimum Gasteiger partial charge on any atom is -0.262 e. The van der Waals surface area contributed by atoms with Gasteiger partial charge in [0.05, 0.1) is 0 Å². The van der Waals surface area contributed by atoms with E-state index in [9.17, 15) is 0 Å². The molecule has 30 heavy (non-hydrogen) atoms. The topological polar surface area (TPSA) is 51.6 Å². The fourth-order valence-electron chi connectivity index (χ4n) is 1.79. The van der Waals surface area contributed by atoms with E-state index in [1.54, 1.807) is 24.8 Å². The number of hydrogen-bond acceptors (Lipinski definition) is 4. The number of rotatable bonds is 0. The minimum absolute atomic E-state index is 0. The van der Waals surface area contributed by atoms with Crippen molar-refractivity contribution in [1.29, 1.82) is 0 Å². The van der Waals surface area contributed by atoms with Crippen LogP contribution in [0.3, 0.4) is 0 Å². The molecule has 0 saturated heterocycles. The normalized spacial score (nSPS) is 8.13. The Labute approximate surface area is 201 Å². The molecule has 4 aromatic rings. The van der Waals surface area contributed by atoms with Gasteiger partial charge >= 0.3 is 0 Å². The van der Waals surface area contributed by atoms with Crippen LogP contribution in [0.4, 0.5) is 0 Å². The molecular formula is C24H29BrFeN4. The number of halogens is 1. The average Bonchev–Trinajstić information content (AvgIpc) is 2.72. The van der Waals surface area contributed by atoms with Gasteiger partial charge in [-0.25, -0.2) is 0 Å². The third-order valence-electron chi connectivity index (χ3n) is 3.25. The molecule has 0 spiro atoms. The van der Waals surface area contributed by atoms with Crippen molar-refractivity contribution in [2.75, 3.05) is 0 Å². The van der Waals surface area contributed by atoms with Crippen molar-refractivity contribution in [1.82, 2.24) is 19.9 Å². The number of aryl methyl sites for hydroxylation is 4. The summed E-state index contributed by atoms with van der Waals surface area (Å²) in [6, 6.07) is 23.4. The Morgan fingerprint density at radius 2 is 0.600 bits per heavy atom. The molecule has 0 aromatic carbocycles. The first-order chi connectivity index (χ1) is 13.6. The molecule has 0 amide bonds. The number of pyridine rings is 4. The molecule has 0 aliphatic heterocycles. The monoisotopic (exact) mass is 508 g/mol. The Kier molecular flexibility index (Phi) is 19.8. The molecule has 0 N–H and O–H groups in total. The van der Waals surface area contributed by atoms with Gasteiger partial charge in [-0.3, -0.25) is 19.9 Å². The van der Waals surface area contributed by atoms with Gasteiger partial charge in [-0.2, -0.15) is 0 Å². The standard InChI is InChI=1S/4C6H7N.BrH.Fe/c4*1-6-4-2-3-5-7-6;;/h4*2-5H,1H3;1H;. The van der Waals surface area contributed by atoms with E-state index in [2.05, 4.69) is 19.9 Å². The Balaban J connectivity index is 0. The van der Waals surface area contributed by atoms with Crippen LogP contribution in [0.5, 0.6) is 0 Å². The smallest absolute Gasteiger partial charge is 0.0372 e. The first-order valence-corrected chi connectivity index (χ1v) is 9.08. The molecule has 0 aliphatic carbocycles. The molecule has 0 atom stereocenters. The molecule has 4 heterocycles. The van der Waals surface area contributed by atoms with Gasteiger partial charge in [-0.1, -0.05) is 24.3 Å². The summed E-state index contributed by atoms with van der Waals surface area (Å²) in [7, 11) is 0. The van der Waals surface area contributed by atoms with Crippen LogP contribution in [-0.4, -0.2) is 19.9 Å². The molecule has 0 unspecified atom stereocenters. The van der Waals surface area contributed by atoms with Crippen molar-refractivity contribution in [3.63, 3.8) is 0 Å². The number of aromatic nitrogens is 4. The van der Waals surface area contributed by atoms with Crippen LogP contribution in [0.15, 0.2) is 97.6 Å². The summed E-state index contributed by atoms with van der Waals surface area (Å²) in [6.07, 6.45) is 7.15. The molecule has 4 rings (SSSR count). The maximum absolute atomic E-state index is 3.98. The second-order valence-electron chi connectivity index (χ2n) is 5.88. The summed E-state index contributed by atoms with van der Waals surface area (Å²) in [5.41, 5.74) is 4.29. The van der Waals surface area contributed by atoms with Crippen LogP contribution in [-0.2, 0) is 17.1 Å². The molecule has 0 aliphatic rings. The first-order valence-electron chi connectivity index (χ1n) is 9.08. The van der Waals surface area contributed by atoms with Crippen molar-refractivity contribution in [2.45, 2.75) is 27.7 Å². The predicted octanol–water partition coefficient (Wildman–Crippen LogP) is 6.14. The van der Waals surface area contributed by atoms with Crippen molar-refractivity contribution in [3.05, 3.63) is 120 Å². The summed E-state index contributed by atoms with van der Waals surface area (Å²) in [4.78, 5) is 15.9. The van der Waals surface area contributed by atoms with Crippen LogP contribution in [0.25, 0.3) is 0 Å². The quantitative estimate of drug-likeness (QED) is 0.268. The Hall–Kier alpha value is -2.40. The van der Waals surface area contributed by atoms with Gasteiger partial charge in [0.25, 0.3) is 0 Å². The van der Waals surface area contributed by atoms with Crippen molar-refractivity contribution < 1.29 is 17.1 Å². The van der Waals surface area contributed by atoms with Crippen molar-refractivity contribution in [3.8, 4) is 0 Å². The largest absolute Gasteiger partial charge is 0.262 e. The van der Waals surface area contributed by atoms with E-state index in [-0.39, 0.29) is 34.1 Å². The predicted molar refractivity (Wildman–Crippen MR) is 126 cm³/mol. The van der Waals surface area contributed by atoms with E-state index in [0.29, 0.717) is 0 Å². The molecule has 4 aromatic heterocycles. The van der Waals surface area contributed by atoms with Crippen LogP contribution < -0.4 is 0 Å². The molecule has 4 nitrogen and oxygen atoms in total. The van der Waals surface area contributed by atoms with Gasteiger partial charge in [0, 0.05) is 64.6 Å². The summed E-state index contributed by atoms with van der Waals surface area (Å²) < 4.78 is 0. The summed E-state index contributed by atoms with van der Waals surface area (Å²) in [5.74, 6) is 0. The van der Waals surface area contributed by atoms with E-state index < -0.39 is 0 Å². The summed E-state index contributed by atoms with van der Waals surface area (Å²) in [6.45, 7) is 7.89. The number of hydrogen-bond donors (Lipinski definition) is 0. The van der Waals surface area contributed by atoms with Crippen molar-refractivity contribution in [2.24, 2.45) is 0 Å². The second kappa shape index (κ2) is 19.9. The fourth-order valence-corrected chi connectivity index (χ4v) is 1.79.